The lowest BCUT2D eigenvalue weighted by Gasteiger charge is -2.44. The Kier molecular flexibility index (Phi) is 7.40. The third-order valence-corrected chi connectivity index (χ3v) is 8.75. The second-order valence-corrected chi connectivity index (χ2v) is 11.4. The van der Waals surface area contributed by atoms with Crippen LogP contribution in [0.2, 0.25) is 0 Å². The van der Waals surface area contributed by atoms with Crippen molar-refractivity contribution in [2.45, 2.75) is 97.4 Å². The number of hydrogen-bond acceptors (Lipinski definition) is 3. The minimum atomic E-state index is -0.684. The van der Waals surface area contributed by atoms with Gasteiger partial charge in [-0.15, -0.1) is 0 Å². The molecule has 0 aliphatic heterocycles. The Morgan fingerprint density at radius 1 is 1.13 bits per heavy atom. The van der Waals surface area contributed by atoms with Crippen LogP contribution >= 0.6 is 0 Å². The van der Waals surface area contributed by atoms with Crippen molar-refractivity contribution in [3.8, 4) is 0 Å². The normalized spacial score (nSPS) is 39.3. The maximum atomic E-state index is 10.3. The van der Waals surface area contributed by atoms with Crippen LogP contribution in [0.15, 0.2) is 47.6 Å². The predicted octanol–water partition coefficient (Wildman–Crippen LogP) is 5.73. The zero-order chi connectivity index (χ0) is 23.0. The molecule has 0 aromatic carbocycles. The second-order valence-electron chi connectivity index (χ2n) is 11.4. The summed E-state index contributed by atoms with van der Waals surface area (Å²) in [5, 5.41) is 30.4. The molecule has 0 unspecified atom stereocenters. The maximum Gasteiger partial charge on any atom is 0.0811 e. The summed E-state index contributed by atoms with van der Waals surface area (Å²) in [4.78, 5) is 0. The summed E-state index contributed by atoms with van der Waals surface area (Å²) in [6.07, 6.45) is 15.0. The molecule has 7 atom stereocenters. The fourth-order valence-electron chi connectivity index (χ4n) is 6.32. The minimum Gasteiger partial charge on any atom is -0.393 e. The molecule has 3 N–H and O–H groups in total. The average molecular weight is 429 g/mol. The summed E-state index contributed by atoms with van der Waals surface area (Å²) < 4.78 is 0. The Morgan fingerprint density at radius 3 is 2.52 bits per heavy atom. The third-order valence-electron chi connectivity index (χ3n) is 8.75. The lowest BCUT2D eigenvalue weighted by molar-refractivity contribution is 0.0436. The van der Waals surface area contributed by atoms with E-state index in [0.717, 1.165) is 17.6 Å². The molecule has 0 radical (unpaired) electrons. The van der Waals surface area contributed by atoms with Crippen molar-refractivity contribution in [3.63, 3.8) is 0 Å². The van der Waals surface area contributed by atoms with Gasteiger partial charge in [-0.3, -0.25) is 0 Å². The first kappa shape index (κ1) is 24.5. The second kappa shape index (κ2) is 9.37. The molecule has 0 spiro atoms. The highest BCUT2D eigenvalue weighted by Crippen LogP contribution is 2.59. The molecule has 31 heavy (non-hydrogen) atoms. The van der Waals surface area contributed by atoms with Gasteiger partial charge in [-0.25, -0.2) is 0 Å². The lowest BCUT2D eigenvalue weighted by Crippen LogP contribution is -2.35. The molecule has 3 saturated carbocycles. The van der Waals surface area contributed by atoms with E-state index >= 15 is 0 Å². The van der Waals surface area contributed by atoms with E-state index in [4.69, 9.17) is 0 Å². The molecule has 0 amide bonds. The number of aliphatic hydroxyl groups is 3. The molecule has 0 aromatic rings. The number of rotatable bonds is 5. The first-order valence-electron chi connectivity index (χ1n) is 12.3. The summed E-state index contributed by atoms with van der Waals surface area (Å²) in [6, 6.07) is 0. The van der Waals surface area contributed by atoms with Crippen molar-refractivity contribution in [1.82, 2.24) is 0 Å². The molecule has 3 aliphatic carbocycles. The lowest BCUT2D eigenvalue weighted by atomic mass is 9.61. The monoisotopic (exact) mass is 428 g/mol. The Balaban J connectivity index is 1.76. The Morgan fingerprint density at radius 2 is 1.84 bits per heavy atom. The minimum absolute atomic E-state index is 0.141. The van der Waals surface area contributed by atoms with E-state index in [1.54, 1.807) is 0 Å². The van der Waals surface area contributed by atoms with Crippen LogP contribution in [0.3, 0.4) is 0 Å². The van der Waals surface area contributed by atoms with Gasteiger partial charge < -0.3 is 15.3 Å². The fourth-order valence-corrected chi connectivity index (χ4v) is 6.32. The summed E-state index contributed by atoms with van der Waals surface area (Å²) in [5.74, 6) is 1.91. The maximum absolute atomic E-state index is 10.3. The van der Waals surface area contributed by atoms with E-state index in [9.17, 15) is 15.3 Å². The Bertz CT molecular complexity index is 753. The Hall–Kier alpha value is -1.16. The number of allylic oxidation sites excluding steroid dienone is 4. The van der Waals surface area contributed by atoms with E-state index in [1.807, 2.05) is 13.8 Å². The molecule has 0 heterocycles. The van der Waals surface area contributed by atoms with E-state index in [-0.39, 0.29) is 5.92 Å². The first-order valence-corrected chi connectivity index (χ1v) is 12.3. The van der Waals surface area contributed by atoms with Crippen molar-refractivity contribution in [1.29, 1.82) is 0 Å². The zero-order valence-electron chi connectivity index (χ0n) is 20.3. The molecular formula is C28H44O3. The van der Waals surface area contributed by atoms with Gasteiger partial charge in [0, 0.05) is 12.3 Å². The van der Waals surface area contributed by atoms with Crippen LogP contribution < -0.4 is 0 Å². The molecule has 174 valence electrons. The van der Waals surface area contributed by atoms with Gasteiger partial charge in [0.05, 0.1) is 17.8 Å². The fraction of sp³-hybridized carbons (Fsp3) is 0.714. The van der Waals surface area contributed by atoms with Crippen molar-refractivity contribution >= 4 is 0 Å². The summed E-state index contributed by atoms with van der Waals surface area (Å²) in [5.41, 5.74) is 2.93. The summed E-state index contributed by atoms with van der Waals surface area (Å²) in [7, 11) is 0. The largest absolute Gasteiger partial charge is 0.393 e. The van der Waals surface area contributed by atoms with E-state index in [0.29, 0.717) is 36.0 Å². The van der Waals surface area contributed by atoms with Crippen LogP contribution in [0.25, 0.3) is 0 Å². The number of hydrogen-bond donors (Lipinski definition) is 3. The Labute approximate surface area is 189 Å². The smallest absolute Gasteiger partial charge is 0.0811 e. The van der Waals surface area contributed by atoms with Gasteiger partial charge in [-0.05, 0) is 86.7 Å². The van der Waals surface area contributed by atoms with Gasteiger partial charge in [0.1, 0.15) is 0 Å². The van der Waals surface area contributed by atoms with Crippen LogP contribution in [-0.4, -0.2) is 33.1 Å². The van der Waals surface area contributed by atoms with E-state index in [2.05, 4.69) is 51.7 Å². The summed E-state index contributed by atoms with van der Waals surface area (Å²) >= 11 is 0. The summed E-state index contributed by atoms with van der Waals surface area (Å²) in [6.45, 7) is 14.7. The molecule has 3 rings (SSSR count). The van der Waals surface area contributed by atoms with E-state index < -0.39 is 17.8 Å². The highest BCUT2D eigenvalue weighted by atomic mass is 16.3. The van der Waals surface area contributed by atoms with Gasteiger partial charge in [0.2, 0.25) is 0 Å². The topological polar surface area (TPSA) is 60.7 Å². The van der Waals surface area contributed by atoms with Gasteiger partial charge in [-0.2, -0.15) is 0 Å². The standard InChI is InChI=1S/C28H44O3/c1-18(9-10-19(2)27(4,5)31)24-13-14-25-21(8-7-15-28(24,25)6)11-12-22-16-23(29)17-26(30)20(22)3/h9-12,18-19,23-26,29-31H,3,7-8,13-17H2,1-2,4-6H3/b10-9+,21-11+,22-12+/t18-,19+,23-,24-,25+,26+,28-/m1/s1. The van der Waals surface area contributed by atoms with Crippen LogP contribution in [-0.2, 0) is 0 Å². The number of fused-ring (bicyclic) bond motifs is 1. The third kappa shape index (κ3) is 5.26. The number of aliphatic hydroxyl groups excluding tert-OH is 2. The van der Waals surface area contributed by atoms with Crippen LogP contribution in [0.4, 0.5) is 0 Å². The van der Waals surface area contributed by atoms with Crippen LogP contribution in [0.1, 0.15) is 79.6 Å². The molecule has 3 fully saturated rings. The van der Waals surface area contributed by atoms with Crippen LogP contribution in [0.5, 0.6) is 0 Å². The predicted molar refractivity (Wildman–Crippen MR) is 128 cm³/mol. The van der Waals surface area contributed by atoms with Crippen molar-refractivity contribution in [2.24, 2.45) is 29.1 Å². The van der Waals surface area contributed by atoms with Gasteiger partial charge in [-0.1, -0.05) is 57.2 Å². The molecule has 0 aromatic heterocycles. The average Bonchev–Trinajstić information content (AvgIpc) is 3.04. The van der Waals surface area contributed by atoms with Crippen molar-refractivity contribution in [3.05, 3.63) is 47.6 Å². The quantitative estimate of drug-likeness (QED) is 0.490. The van der Waals surface area contributed by atoms with Crippen molar-refractivity contribution in [2.75, 3.05) is 0 Å². The zero-order valence-corrected chi connectivity index (χ0v) is 20.3. The van der Waals surface area contributed by atoms with Gasteiger partial charge >= 0.3 is 0 Å². The molecule has 3 aliphatic rings. The molecule has 3 heteroatoms. The molecule has 0 bridgehead atoms. The molecule has 3 nitrogen and oxygen atoms in total. The first-order chi connectivity index (χ1) is 14.4. The highest BCUT2D eigenvalue weighted by Gasteiger charge is 2.50. The van der Waals surface area contributed by atoms with Crippen LogP contribution in [0, 0.1) is 29.1 Å². The van der Waals surface area contributed by atoms with E-state index in [1.165, 1.54) is 31.3 Å². The van der Waals surface area contributed by atoms with Gasteiger partial charge in [0.25, 0.3) is 0 Å². The molecule has 0 saturated heterocycles. The van der Waals surface area contributed by atoms with Gasteiger partial charge in [0.15, 0.2) is 0 Å². The van der Waals surface area contributed by atoms with Crippen molar-refractivity contribution < 1.29 is 15.3 Å². The highest BCUT2D eigenvalue weighted by molar-refractivity contribution is 5.38. The SMILES string of the molecule is C=C1/C(=C/C=C2\CCC[C@]3(C)[C@@H]([C@H](C)/C=C/[C@H](C)C(C)(C)O)CC[C@@H]23)C[C@@H](O)C[C@@H]1O. The molecular weight excluding hydrogens is 384 g/mol.